The van der Waals surface area contributed by atoms with Gasteiger partial charge in [0.2, 0.25) is 0 Å². The van der Waals surface area contributed by atoms with Crippen molar-refractivity contribution in [2.24, 2.45) is 0 Å². The van der Waals surface area contributed by atoms with E-state index in [-0.39, 0.29) is 0 Å². The van der Waals surface area contributed by atoms with Crippen LogP contribution in [0.5, 0.6) is 0 Å². The number of hydrogen-bond acceptors (Lipinski definition) is 3. The Hall–Kier alpha value is -0.380. The van der Waals surface area contributed by atoms with E-state index >= 15 is 0 Å². The average Bonchev–Trinajstić information content (AvgIpc) is 2.30. The van der Waals surface area contributed by atoms with Crippen molar-refractivity contribution in [2.75, 3.05) is 0 Å². The fourth-order valence-electron chi connectivity index (χ4n) is 1.09. The summed E-state index contributed by atoms with van der Waals surface area (Å²) in [6.45, 7) is 0. The molecule has 11 heavy (non-hydrogen) atoms. The van der Waals surface area contributed by atoms with Gasteiger partial charge in [0.05, 0.1) is 4.20 Å². The predicted molar refractivity (Wildman–Crippen MR) is 49.9 cm³/mol. The zero-order valence-electron chi connectivity index (χ0n) is 5.65. The molecule has 1 unspecified atom stereocenters. The third-order valence-electron chi connectivity index (χ3n) is 1.65. The molecule has 3 heteroatoms. The lowest BCUT2D eigenvalue weighted by Crippen LogP contribution is -1.97. The summed E-state index contributed by atoms with van der Waals surface area (Å²) >= 11 is 6.44. The van der Waals surface area contributed by atoms with E-state index < -0.39 is 6.10 Å². The Morgan fingerprint density at radius 1 is 1.36 bits per heavy atom. The number of rotatable bonds is 0. The molecule has 1 nitrogen and oxygen atoms in total. The van der Waals surface area contributed by atoms with Crippen LogP contribution in [-0.2, 0) is 0 Å². The molecule has 0 bridgehead atoms. The lowest BCUT2D eigenvalue weighted by atomic mass is 10.1. The van der Waals surface area contributed by atoms with Crippen molar-refractivity contribution in [2.45, 2.75) is 11.0 Å². The van der Waals surface area contributed by atoms with Gasteiger partial charge in [-0.05, 0) is 6.07 Å². The minimum Gasteiger partial charge on any atom is -0.382 e. The van der Waals surface area contributed by atoms with Gasteiger partial charge >= 0.3 is 0 Å². The first kappa shape index (κ1) is 7.28. The van der Waals surface area contributed by atoms with E-state index in [1.165, 1.54) is 11.8 Å². The van der Waals surface area contributed by atoms with Crippen LogP contribution in [0.3, 0.4) is 0 Å². The summed E-state index contributed by atoms with van der Waals surface area (Å²) in [5.41, 5.74) is 0.947. The van der Waals surface area contributed by atoms with Crippen molar-refractivity contribution >= 4 is 28.2 Å². The van der Waals surface area contributed by atoms with Crippen molar-refractivity contribution < 1.29 is 5.11 Å². The summed E-state index contributed by atoms with van der Waals surface area (Å²) in [4.78, 5) is 1.09. The van der Waals surface area contributed by atoms with Crippen molar-refractivity contribution in [1.82, 2.24) is 0 Å². The van der Waals surface area contributed by atoms with Crippen LogP contribution < -0.4 is 0 Å². The van der Waals surface area contributed by atoms with E-state index in [4.69, 9.17) is 12.2 Å². The molecule has 1 aliphatic rings. The first-order valence-corrected chi connectivity index (χ1v) is 4.50. The van der Waals surface area contributed by atoms with E-state index in [2.05, 4.69) is 0 Å². The van der Waals surface area contributed by atoms with Crippen molar-refractivity contribution in [3.05, 3.63) is 29.8 Å². The van der Waals surface area contributed by atoms with Crippen LogP contribution in [0.4, 0.5) is 0 Å². The fraction of sp³-hybridized carbons (Fsp3) is 0.125. The van der Waals surface area contributed by atoms with Crippen LogP contribution in [0, 0.1) is 0 Å². The maximum Gasteiger partial charge on any atom is 0.121 e. The van der Waals surface area contributed by atoms with E-state index in [1.54, 1.807) is 0 Å². The molecule has 1 aromatic carbocycles. The van der Waals surface area contributed by atoms with Gasteiger partial charge in [0, 0.05) is 10.5 Å². The molecule has 1 aliphatic heterocycles. The molecule has 0 aromatic heterocycles. The topological polar surface area (TPSA) is 20.2 Å². The van der Waals surface area contributed by atoms with Crippen LogP contribution in [0.2, 0.25) is 0 Å². The van der Waals surface area contributed by atoms with Gasteiger partial charge in [-0.15, -0.1) is 0 Å². The first-order chi connectivity index (χ1) is 5.29. The fourth-order valence-corrected chi connectivity index (χ4v) is 2.39. The minimum atomic E-state index is -0.536. The Morgan fingerprint density at radius 3 is 2.82 bits per heavy atom. The second kappa shape index (κ2) is 2.59. The van der Waals surface area contributed by atoms with Gasteiger partial charge < -0.3 is 5.11 Å². The summed E-state index contributed by atoms with van der Waals surface area (Å²) in [6, 6.07) is 7.75. The van der Waals surface area contributed by atoms with Gasteiger partial charge in [-0.3, -0.25) is 0 Å². The molecule has 1 N–H and O–H groups in total. The number of fused-ring (bicyclic) bond motifs is 1. The van der Waals surface area contributed by atoms with Gasteiger partial charge in [-0.1, -0.05) is 42.2 Å². The van der Waals surface area contributed by atoms with Crippen molar-refractivity contribution in [1.29, 1.82) is 0 Å². The molecule has 0 aliphatic carbocycles. The van der Waals surface area contributed by atoms with E-state index in [1.807, 2.05) is 24.3 Å². The summed E-state index contributed by atoms with van der Waals surface area (Å²) in [6.07, 6.45) is -0.536. The lowest BCUT2D eigenvalue weighted by Gasteiger charge is -1.99. The Kier molecular flexibility index (Phi) is 1.71. The molecule has 0 spiro atoms. The number of hydrogen-bond donors (Lipinski definition) is 1. The molecular formula is C8H6OS2. The Morgan fingerprint density at radius 2 is 2.09 bits per heavy atom. The van der Waals surface area contributed by atoms with Gasteiger partial charge in [0.1, 0.15) is 6.10 Å². The van der Waals surface area contributed by atoms with Crippen LogP contribution in [-0.4, -0.2) is 9.30 Å². The summed E-state index contributed by atoms with van der Waals surface area (Å²) in [5, 5.41) is 9.49. The number of aliphatic hydroxyl groups excluding tert-OH is 1. The maximum atomic E-state index is 9.49. The molecule has 1 aromatic rings. The molecule has 1 atom stereocenters. The number of benzene rings is 1. The zero-order valence-corrected chi connectivity index (χ0v) is 7.28. The van der Waals surface area contributed by atoms with Crippen molar-refractivity contribution in [3.63, 3.8) is 0 Å². The van der Waals surface area contributed by atoms with Crippen molar-refractivity contribution in [3.8, 4) is 0 Å². The molecule has 1 heterocycles. The average molecular weight is 182 g/mol. The van der Waals surface area contributed by atoms with E-state index in [0.29, 0.717) is 4.20 Å². The Balaban J connectivity index is 2.55. The highest BCUT2D eigenvalue weighted by Gasteiger charge is 2.25. The zero-order chi connectivity index (χ0) is 7.84. The first-order valence-electron chi connectivity index (χ1n) is 3.28. The standard InChI is InChI=1S/C8H6OS2/c9-7-5-3-1-2-4-6(5)11-8(7)10/h1-4,7,9H. The molecule has 56 valence electrons. The summed E-state index contributed by atoms with van der Waals surface area (Å²) < 4.78 is 0.659. The van der Waals surface area contributed by atoms with Gasteiger partial charge in [-0.2, -0.15) is 0 Å². The smallest absolute Gasteiger partial charge is 0.121 e. The lowest BCUT2D eigenvalue weighted by molar-refractivity contribution is 0.252. The van der Waals surface area contributed by atoms with Crippen LogP contribution in [0.15, 0.2) is 29.2 Å². The third kappa shape index (κ3) is 1.09. The van der Waals surface area contributed by atoms with Crippen LogP contribution in [0.1, 0.15) is 11.7 Å². The molecule has 0 radical (unpaired) electrons. The van der Waals surface area contributed by atoms with Gasteiger partial charge in [0.25, 0.3) is 0 Å². The Bertz CT molecular complexity index is 309. The number of thiocarbonyl (C=S) groups is 1. The number of thioether (sulfide) groups is 1. The number of aliphatic hydroxyl groups is 1. The maximum absolute atomic E-state index is 9.49. The molecule has 2 rings (SSSR count). The van der Waals surface area contributed by atoms with E-state index in [9.17, 15) is 5.11 Å². The monoisotopic (exact) mass is 182 g/mol. The Labute approximate surface area is 74.4 Å². The highest BCUT2D eigenvalue weighted by Crippen LogP contribution is 2.39. The largest absolute Gasteiger partial charge is 0.382 e. The molecule has 0 saturated heterocycles. The van der Waals surface area contributed by atoms with Gasteiger partial charge in [0.15, 0.2) is 0 Å². The summed E-state index contributed by atoms with van der Waals surface area (Å²) in [5.74, 6) is 0. The quantitative estimate of drug-likeness (QED) is 0.621. The third-order valence-corrected chi connectivity index (χ3v) is 3.14. The second-order valence-corrected chi connectivity index (χ2v) is 4.14. The highest BCUT2D eigenvalue weighted by molar-refractivity contribution is 8.23. The molecule has 0 amide bonds. The SMILES string of the molecule is OC1C(=S)Sc2ccccc21. The molecule has 0 saturated carbocycles. The van der Waals surface area contributed by atoms with Crippen LogP contribution >= 0.6 is 24.0 Å². The second-order valence-electron chi connectivity index (χ2n) is 2.36. The van der Waals surface area contributed by atoms with Gasteiger partial charge in [-0.25, -0.2) is 0 Å². The highest BCUT2D eigenvalue weighted by atomic mass is 32.2. The normalized spacial score (nSPS) is 21.9. The molecule has 0 fully saturated rings. The summed E-state index contributed by atoms with van der Waals surface area (Å²) in [7, 11) is 0. The van der Waals surface area contributed by atoms with E-state index in [0.717, 1.165) is 10.5 Å². The minimum absolute atomic E-state index is 0.536. The predicted octanol–water partition coefficient (Wildman–Crippen LogP) is 2.15. The van der Waals surface area contributed by atoms with Crippen LogP contribution in [0.25, 0.3) is 0 Å². The molecular weight excluding hydrogens is 176 g/mol.